The van der Waals surface area contributed by atoms with Crippen LogP contribution in [0, 0.1) is 0 Å². The van der Waals surface area contributed by atoms with Crippen LogP contribution in [0.5, 0.6) is 11.6 Å². The first-order chi connectivity index (χ1) is 12.6. The van der Waals surface area contributed by atoms with Gasteiger partial charge in [0.15, 0.2) is 0 Å². The highest BCUT2D eigenvalue weighted by Crippen LogP contribution is 2.31. The van der Waals surface area contributed by atoms with Gasteiger partial charge in [-0.15, -0.1) is 17.5 Å². The van der Waals surface area contributed by atoms with E-state index in [1.165, 1.54) is 0 Å². The molecule has 2 aromatic carbocycles. The van der Waals surface area contributed by atoms with Crippen LogP contribution in [0.1, 0.15) is 0 Å². The van der Waals surface area contributed by atoms with E-state index in [1.54, 1.807) is 7.11 Å². The minimum atomic E-state index is 0. The normalized spacial score (nSPS) is 10.6. The molecule has 0 fully saturated rings. The molecule has 0 unspecified atom stereocenters. The van der Waals surface area contributed by atoms with Crippen molar-refractivity contribution in [2.45, 2.75) is 0 Å². The third-order valence-electron chi connectivity index (χ3n) is 3.95. The van der Waals surface area contributed by atoms with Gasteiger partial charge in [0.1, 0.15) is 12.4 Å². The molecule has 1 heterocycles. The second-order valence-electron chi connectivity index (χ2n) is 6.15. The Balaban J connectivity index is 0.00000261. The summed E-state index contributed by atoms with van der Waals surface area (Å²) in [5, 5.41) is 5.33. The van der Waals surface area contributed by atoms with E-state index < -0.39 is 0 Å². The van der Waals surface area contributed by atoms with Gasteiger partial charge in [0.05, 0.1) is 18.4 Å². The Morgan fingerprint density at radius 1 is 1.04 bits per heavy atom. The van der Waals surface area contributed by atoms with Crippen molar-refractivity contribution in [2.75, 3.05) is 34.4 Å². The molecule has 0 bridgehead atoms. The summed E-state index contributed by atoms with van der Waals surface area (Å²) in [6, 6.07) is 15.4. The van der Waals surface area contributed by atoms with Crippen LogP contribution in [-0.4, -0.2) is 49.0 Å². The van der Waals surface area contributed by atoms with Gasteiger partial charge in [-0.3, -0.25) is 0 Å². The van der Waals surface area contributed by atoms with E-state index in [0.717, 1.165) is 29.1 Å². The average molecular weight is 408 g/mol. The zero-order chi connectivity index (χ0) is 18.5. The number of hydrogen-bond donors (Lipinski definition) is 0. The molecule has 0 spiro atoms. The van der Waals surface area contributed by atoms with E-state index in [9.17, 15) is 0 Å². The summed E-state index contributed by atoms with van der Waals surface area (Å²) < 4.78 is 13.0. The molecular formula is C20H23Cl2N3O2. The first kappa shape index (κ1) is 21.1. The molecule has 0 aliphatic rings. The minimum absolute atomic E-state index is 0. The van der Waals surface area contributed by atoms with Crippen LogP contribution in [0.2, 0.25) is 5.02 Å². The molecule has 1 aromatic heterocycles. The van der Waals surface area contributed by atoms with E-state index in [2.05, 4.69) is 10.00 Å². The fraction of sp³-hybridized carbons (Fsp3) is 0.250. The molecule has 144 valence electrons. The number of aromatic nitrogens is 2. The predicted octanol–water partition coefficient (Wildman–Crippen LogP) is 4.56. The van der Waals surface area contributed by atoms with Crippen molar-refractivity contribution in [2.24, 2.45) is 0 Å². The van der Waals surface area contributed by atoms with Crippen LogP contribution in [0.15, 0.2) is 54.7 Å². The van der Waals surface area contributed by atoms with Crippen molar-refractivity contribution in [3.05, 3.63) is 59.8 Å². The molecule has 0 saturated carbocycles. The van der Waals surface area contributed by atoms with Crippen LogP contribution in [0.4, 0.5) is 0 Å². The molecule has 0 radical (unpaired) electrons. The highest BCUT2D eigenvalue weighted by Gasteiger charge is 2.14. The zero-order valence-electron chi connectivity index (χ0n) is 15.6. The van der Waals surface area contributed by atoms with E-state index in [0.29, 0.717) is 17.5 Å². The van der Waals surface area contributed by atoms with Gasteiger partial charge in [0.25, 0.3) is 0 Å². The topological polar surface area (TPSA) is 39.5 Å². The van der Waals surface area contributed by atoms with Gasteiger partial charge in [0.2, 0.25) is 5.88 Å². The molecule has 0 N–H and O–H groups in total. The molecule has 0 aliphatic heterocycles. The van der Waals surface area contributed by atoms with Crippen molar-refractivity contribution in [3.8, 4) is 28.4 Å². The lowest BCUT2D eigenvalue weighted by molar-refractivity contribution is 0.253. The van der Waals surface area contributed by atoms with Gasteiger partial charge < -0.3 is 14.4 Å². The fourth-order valence-corrected chi connectivity index (χ4v) is 2.61. The van der Waals surface area contributed by atoms with Crippen molar-refractivity contribution >= 4 is 24.0 Å². The number of likely N-dealkylation sites (N-methyl/N-ethyl adjacent to an activating group) is 1. The van der Waals surface area contributed by atoms with E-state index in [-0.39, 0.29) is 12.4 Å². The van der Waals surface area contributed by atoms with Crippen LogP contribution < -0.4 is 9.47 Å². The Morgan fingerprint density at radius 2 is 1.70 bits per heavy atom. The number of methoxy groups -OCH3 is 1. The second-order valence-corrected chi connectivity index (χ2v) is 6.59. The van der Waals surface area contributed by atoms with Crippen molar-refractivity contribution in [3.63, 3.8) is 0 Å². The summed E-state index contributed by atoms with van der Waals surface area (Å²) in [4.78, 5) is 2.07. The van der Waals surface area contributed by atoms with Gasteiger partial charge >= 0.3 is 0 Å². The Bertz CT molecular complexity index is 847. The van der Waals surface area contributed by atoms with E-state index >= 15 is 0 Å². The Kier molecular flexibility index (Phi) is 7.54. The number of benzene rings is 2. The van der Waals surface area contributed by atoms with Gasteiger partial charge in [0, 0.05) is 17.8 Å². The molecule has 7 heteroatoms. The number of halogens is 2. The van der Waals surface area contributed by atoms with E-state index in [4.69, 9.17) is 21.1 Å². The molecule has 3 aromatic rings. The van der Waals surface area contributed by atoms with Crippen LogP contribution >= 0.6 is 24.0 Å². The molecule has 3 rings (SSSR count). The molecule has 0 saturated heterocycles. The molecule has 0 atom stereocenters. The van der Waals surface area contributed by atoms with E-state index in [1.807, 2.05) is 73.5 Å². The number of hydrogen-bond acceptors (Lipinski definition) is 4. The van der Waals surface area contributed by atoms with Crippen molar-refractivity contribution < 1.29 is 9.47 Å². The molecule has 5 nitrogen and oxygen atoms in total. The summed E-state index contributed by atoms with van der Waals surface area (Å²) >= 11 is 6.02. The summed E-state index contributed by atoms with van der Waals surface area (Å²) in [5.41, 5.74) is 2.87. The standard InChI is InChI=1S/C20H22ClN3O2.ClH/c1-23(2)12-13-26-20-19(15-4-6-16(21)7-5-15)14-24(22-20)17-8-10-18(25-3)11-9-17;/h4-11,14H,12-13H2,1-3H3;1H. The first-order valence-electron chi connectivity index (χ1n) is 8.34. The predicted molar refractivity (Wildman–Crippen MR) is 112 cm³/mol. The van der Waals surface area contributed by atoms with Crippen LogP contribution in [-0.2, 0) is 0 Å². The number of ether oxygens (including phenoxy) is 2. The third kappa shape index (κ3) is 5.39. The summed E-state index contributed by atoms with van der Waals surface area (Å²) in [6.07, 6.45) is 1.97. The molecule has 0 aliphatic carbocycles. The lowest BCUT2D eigenvalue weighted by atomic mass is 10.1. The largest absolute Gasteiger partial charge is 0.497 e. The lowest BCUT2D eigenvalue weighted by Crippen LogP contribution is -2.19. The Morgan fingerprint density at radius 3 is 2.30 bits per heavy atom. The van der Waals surface area contributed by atoms with Crippen LogP contribution in [0.3, 0.4) is 0 Å². The lowest BCUT2D eigenvalue weighted by Gasteiger charge is -2.10. The third-order valence-corrected chi connectivity index (χ3v) is 4.20. The van der Waals surface area contributed by atoms with Gasteiger partial charge in [-0.2, -0.15) is 0 Å². The maximum atomic E-state index is 6.02. The highest BCUT2D eigenvalue weighted by molar-refractivity contribution is 6.30. The molecular weight excluding hydrogens is 385 g/mol. The first-order valence-corrected chi connectivity index (χ1v) is 8.72. The van der Waals surface area contributed by atoms with Gasteiger partial charge in [-0.1, -0.05) is 23.7 Å². The maximum absolute atomic E-state index is 6.02. The Hall–Kier alpha value is -2.21. The summed E-state index contributed by atoms with van der Waals surface area (Å²) in [5.74, 6) is 1.41. The fourth-order valence-electron chi connectivity index (χ4n) is 2.48. The quantitative estimate of drug-likeness (QED) is 0.575. The monoisotopic (exact) mass is 407 g/mol. The van der Waals surface area contributed by atoms with Crippen molar-refractivity contribution in [1.29, 1.82) is 0 Å². The van der Waals surface area contributed by atoms with Gasteiger partial charge in [-0.25, -0.2) is 4.68 Å². The SMILES string of the molecule is COc1ccc(-n2cc(-c3ccc(Cl)cc3)c(OCCN(C)C)n2)cc1.Cl. The maximum Gasteiger partial charge on any atom is 0.241 e. The number of nitrogens with zero attached hydrogens (tertiary/aromatic N) is 3. The average Bonchev–Trinajstić information content (AvgIpc) is 3.06. The second kappa shape index (κ2) is 9.65. The minimum Gasteiger partial charge on any atom is -0.497 e. The van der Waals surface area contributed by atoms with Crippen LogP contribution in [0.25, 0.3) is 16.8 Å². The molecule has 27 heavy (non-hydrogen) atoms. The summed E-state index contributed by atoms with van der Waals surface area (Å²) in [6.45, 7) is 1.38. The smallest absolute Gasteiger partial charge is 0.241 e. The van der Waals surface area contributed by atoms with Crippen molar-refractivity contribution in [1.82, 2.24) is 14.7 Å². The van der Waals surface area contributed by atoms with Gasteiger partial charge in [-0.05, 0) is 56.1 Å². The molecule has 0 amide bonds. The number of rotatable bonds is 7. The summed E-state index contributed by atoms with van der Waals surface area (Å²) in [7, 11) is 5.68. The highest BCUT2D eigenvalue weighted by atomic mass is 35.5. The zero-order valence-corrected chi connectivity index (χ0v) is 17.1. The Labute approximate surface area is 170 Å².